The summed E-state index contributed by atoms with van der Waals surface area (Å²) in [6, 6.07) is 6.60. The first-order valence-corrected chi connectivity index (χ1v) is 7.01. The predicted octanol–water partition coefficient (Wildman–Crippen LogP) is 2.11. The monoisotopic (exact) mass is 264 g/mol. The summed E-state index contributed by atoms with van der Waals surface area (Å²) in [7, 11) is 1.50. The maximum Gasteiger partial charge on any atom is 0.165 e. The van der Waals surface area contributed by atoms with E-state index in [-0.39, 0.29) is 5.82 Å². The topological polar surface area (TPSA) is 15.7 Å². The number of nitrogens with zero attached hydrogens (tertiary/aromatic N) is 2. The van der Waals surface area contributed by atoms with Gasteiger partial charge in [0, 0.05) is 31.7 Å². The van der Waals surface area contributed by atoms with Crippen molar-refractivity contribution in [3.05, 3.63) is 29.6 Å². The van der Waals surface area contributed by atoms with Gasteiger partial charge in [-0.1, -0.05) is 13.0 Å². The molecule has 4 rings (SSSR count). The van der Waals surface area contributed by atoms with E-state index in [2.05, 4.69) is 16.7 Å². The number of ether oxygens (including phenoxy) is 1. The highest BCUT2D eigenvalue weighted by Gasteiger charge is 2.43. The van der Waals surface area contributed by atoms with Crippen molar-refractivity contribution in [3.63, 3.8) is 0 Å². The summed E-state index contributed by atoms with van der Waals surface area (Å²) in [5.74, 6) is 0.0607. The Labute approximate surface area is 114 Å². The van der Waals surface area contributed by atoms with Gasteiger partial charge in [-0.3, -0.25) is 4.90 Å². The van der Waals surface area contributed by atoms with E-state index < -0.39 is 0 Å². The minimum atomic E-state index is -0.263. The molecule has 2 unspecified atom stereocenters. The van der Waals surface area contributed by atoms with Crippen LogP contribution in [0.25, 0.3) is 0 Å². The number of methoxy groups -OCH3 is 1. The van der Waals surface area contributed by atoms with E-state index in [9.17, 15) is 4.39 Å². The summed E-state index contributed by atoms with van der Waals surface area (Å²) in [5, 5.41) is 0. The third kappa shape index (κ3) is 2.35. The van der Waals surface area contributed by atoms with Crippen molar-refractivity contribution in [2.75, 3.05) is 26.7 Å². The fourth-order valence-corrected chi connectivity index (χ4v) is 3.31. The van der Waals surface area contributed by atoms with Crippen LogP contribution in [0.2, 0.25) is 0 Å². The van der Waals surface area contributed by atoms with Gasteiger partial charge in [0.1, 0.15) is 0 Å². The molecular weight excluding hydrogens is 243 g/mol. The minimum Gasteiger partial charge on any atom is -0.494 e. The predicted molar refractivity (Wildman–Crippen MR) is 72.8 cm³/mol. The molecule has 0 radical (unpaired) electrons. The van der Waals surface area contributed by atoms with Gasteiger partial charge in [-0.05, 0) is 30.7 Å². The molecule has 0 aromatic heterocycles. The van der Waals surface area contributed by atoms with Crippen LogP contribution >= 0.6 is 0 Å². The van der Waals surface area contributed by atoms with Crippen LogP contribution in [0.1, 0.15) is 18.9 Å². The van der Waals surface area contributed by atoms with Crippen LogP contribution in [0.15, 0.2) is 18.2 Å². The molecule has 0 aliphatic carbocycles. The van der Waals surface area contributed by atoms with Crippen LogP contribution in [0.4, 0.5) is 4.39 Å². The van der Waals surface area contributed by atoms with Crippen molar-refractivity contribution < 1.29 is 9.13 Å². The van der Waals surface area contributed by atoms with Crippen LogP contribution < -0.4 is 4.74 Å². The molecule has 3 aliphatic rings. The van der Waals surface area contributed by atoms with Crippen molar-refractivity contribution in [1.82, 2.24) is 9.80 Å². The lowest BCUT2D eigenvalue weighted by atomic mass is 9.87. The molecular formula is C15H21FN2O. The van der Waals surface area contributed by atoms with Gasteiger partial charge < -0.3 is 9.64 Å². The second-order valence-electron chi connectivity index (χ2n) is 5.54. The second-order valence-corrected chi connectivity index (χ2v) is 5.54. The van der Waals surface area contributed by atoms with Gasteiger partial charge in [-0.15, -0.1) is 0 Å². The van der Waals surface area contributed by atoms with Crippen LogP contribution in [0, 0.1) is 5.82 Å². The molecule has 0 N–H and O–H groups in total. The van der Waals surface area contributed by atoms with Gasteiger partial charge in [-0.25, -0.2) is 4.39 Å². The molecule has 1 aromatic carbocycles. The number of piperazine rings is 1. The highest BCUT2D eigenvalue weighted by Crippen LogP contribution is 2.33. The number of hydrogen-bond acceptors (Lipinski definition) is 3. The molecule has 3 saturated heterocycles. The standard InChI is InChI=1S/C15H21FN2O/c1-3-17-9-12-7-13(10-17)18(12)8-11-4-5-15(19-2)14(16)6-11/h4-6,12-13H,3,7-10H2,1-2H3. The molecule has 2 bridgehead atoms. The molecule has 0 amide bonds. The summed E-state index contributed by atoms with van der Waals surface area (Å²) in [5.41, 5.74) is 1.04. The average molecular weight is 264 g/mol. The Balaban J connectivity index is 1.65. The smallest absolute Gasteiger partial charge is 0.165 e. The van der Waals surface area contributed by atoms with Gasteiger partial charge in [0.15, 0.2) is 11.6 Å². The van der Waals surface area contributed by atoms with E-state index in [1.807, 2.05) is 6.07 Å². The quantitative estimate of drug-likeness (QED) is 0.828. The Morgan fingerprint density at radius 3 is 2.63 bits per heavy atom. The lowest BCUT2D eigenvalue weighted by molar-refractivity contribution is -0.0732. The van der Waals surface area contributed by atoms with Crippen molar-refractivity contribution in [2.45, 2.75) is 32.0 Å². The van der Waals surface area contributed by atoms with Crippen molar-refractivity contribution >= 4 is 0 Å². The van der Waals surface area contributed by atoms with E-state index in [0.29, 0.717) is 17.8 Å². The van der Waals surface area contributed by atoms with Gasteiger partial charge in [-0.2, -0.15) is 0 Å². The lowest BCUT2D eigenvalue weighted by Crippen LogP contribution is -2.67. The first kappa shape index (κ1) is 12.9. The Kier molecular flexibility index (Phi) is 3.46. The SMILES string of the molecule is CCN1CC2CC(C1)N2Cc1ccc(OC)c(F)c1. The van der Waals surface area contributed by atoms with E-state index in [1.165, 1.54) is 13.5 Å². The highest BCUT2D eigenvalue weighted by molar-refractivity contribution is 5.29. The van der Waals surface area contributed by atoms with Gasteiger partial charge >= 0.3 is 0 Å². The van der Waals surface area contributed by atoms with Crippen molar-refractivity contribution in [1.29, 1.82) is 0 Å². The van der Waals surface area contributed by atoms with Crippen LogP contribution in [-0.4, -0.2) is 48.6 Å². The Morgan fingerprint density at radius 1 is 1.32 bits per heavy atom. The molecule has 3 nitrogen and oxygen atoms in total. The molecule has 104 valence electrons. The van der Waals surface area contributed by atoms with Crippen LogP contribution in [0.5, 0.6) is 5.75 Å². The summed E-state index contributed by atoms with van der Waals surface area (Å²) < 4.78 is 18.6. The summed E-state index contributed by atoms with van der Waals surface area (Å²) >= 11 is 0. The zero-order valence-corrected chi connectivity index (χ0v) is 11.6. The van der Waals surface area contributed by atoms with Crippen molar-refractivity contribution in [2.24, 2.45) is 0 Å². The maximum absolute atomic E-state index is 13.7. The fraction of sp³-hybridized carbons (Fsp3) is 0.600. The Bertz CT molecular complexity index is 453. The van der Waals surface area contributed by atoms with E-state index in [1.54, 1.807) is 12.1 Å². The number of piperidine rings is 1. The first-order valence-electron chi connectivity index (χ1n) is 7.01. The largest absolute Gasteiger partial charge is 0.494 e. The molecule has 19 heavy (non-hydrogen) atoms. The van der Waals surface area contributed by atoms with Crippen LogP contribution in [0.3, 0.4) is 0 Å². The lowest BCUT2D eigenvalue weighted by Gasteiger charge is -2.56. The zero-order valence-electron chi connectivity index (χ0n) is 11.6. The van der Waals surface area contributed by atoms with Gasteiger partial charge in [0.25, 0.3) is 0 Å². The van der Waals surface area contributed by atoms with Gasteiger partial charge in [0.05, 0.1) is 7.11 Å². The Hall–Kier alpha value is -1.13. The summed E-state index contributed by atoms with van der Waals surface area (Å²) in [6.07, 6.45) is 1.30. The fourth-order valence-electron chi connectivity index (χ4n) is 3.31. The molecule has 3 fully saturated rings. The number of halogens is 1. The molecule has 1 aromatic rings. The first-order chi connectivity index (χ1) is 9.21. The van der Waals surface area contributed by atoms with E-state index >= 15 is 0 Å². The minimum absolute atomic E-state index is 0.263. The third-order valence-corrected chi connectivity index (χ3v) is 4.45. The highest BCUT2D eigenvalue weighted by atomic mass is 19.1. The second kappa shape index (κ2) is 5.10. The molecule has 0 saturated carbocycles. The zero-order chi connectivity index (χ0) is 13.4. The molecule has 4 heteroatoms. The molecule has 3 aliphatic heterocycles. The number of likely N-dealkylation sites (N-methyl/N-ethyl adjacent to an activating group) is 1. The van der Waals surface area contributed by atoms with Crippen molar-refractivity contribution in [3.8, 4) is 5.75 Å². The van der Waals surface area contributed by atoms with Gasteiger partial charge in [0.2, 0.25) is 0 Å². The number of hydrogen-bond donors (Lipinski definition) is 0. The third-order valence-electron chi connectivity index (χ3n) is 4.45. The summed E-state index contributed by atoms with van der Waals surface area (Å²) in [6.45, 7) is 6.52. The molecule has 0 spiro atoms. The Morgan fingerprint density at radius 2 is 2.05 bits per heavy atom. The number of fused-ring (bicyclic) bond motifs is 2. The number of rotatable bonds is 4. The number of benzene rings is 1. The van der Waals surface area contributed by atoms with E-state index in [0.717, 1.165) is 31.7 Å². The van der Waals surface area contributed by atoms with Crippen LogP contribution in [-0.2, 0) is 6.54 Å². The molecule has 3 heterocycles. The summed E-state index contributed by atoms with van der Waals surface area (Å²) in [4.78, 5) is 5.01. The van der Waals surface area contributed by atoms with E-state index in [4.69, 9.17) is 4.74 Å². The normalized spacial score (nSPS) is 27.1. The molecule has 2 atom stereocenters. The maximum atomic E-state index is 13.7. The average Bonchev–Trinajstić information content (AvgIpc) is 2.45.